The van der Waals surface area contributed by atoms with Crippen molar-refractivity contribution in [3.63, 3.8) is 0 Å². The van der Waals surface area contributed by atoms with Crippen LogP contribution in [-0.4, -0.2) is 12.6 Å². The Hall–Kier alpha value is -1.05. The number of esters is 1. The second-order valence-electron chi connectivity index (χ2n) is 2.12. The molecule has 0 heterocycles. The number of carbonyl (C=O) groups is 1. The van der Waals surface area contributed by atoms with Gasteiger partial charge < -0.3 is 4.74 Å². The van der Waals surface area contributed by atoms with Crippen molar-refractivity contribution < 1.29 is 9.53 Å². The number of rotatable bonds is 5. The molecule has 0 fully saturated rings. The molecule has 0 aromatic heterocycles. The Labute approximate surface area is 67.6 Å². The predicted octanol–water partition coefficient (Wildman–Crippen LogP) is 2.07. The molecule has 11 heavy (non-hydrogen) atoms. The fraction of sp³-hybridized carbons (Fsp3) is 0.444. The molecule has 0 saturated heterocycles. The number of unbranched alkanes of at least 4 members (excludes halogenated alkanes) is 1. The van der Waals surface area contributed by atoms with E-state index in [1.54, 1.807) is 12.2 Å². The summed E-state index contributed by atoms with van der Waals surface area (Å²) < 4.78 is 4.81. The molecule has 0 atom stereocenters. The smallest absolute Gasteiger partial charge is 0.330 e. The van der Waals surface area contributed by atoms with Crippen molar-refractivity contribution in [2.45, 2.75) is 19.8 Å². The van der Waals surface area contributed by atoms with Crippen LogP contribution in [0.1, 0.15) is 19.8 Å². The molecule has 0 aliphatic heterocycles. The van der Waals surface area contributed by atoms with E-state index in [0.717, 1.165) is 12.8 Å². The summed E-state index contributed by atoms with van der Waals surface area (Å²) in [6.45, 7) is 5.99. The van der Waals surface area contributed by atoms with Crippen molar-refractivity contribution >= 4 is 5.97 Å². The van der Waals surface area contributed by atoms with E-state index in [-0.39, 0.29) is 5.97 Å². The van der Waals surface area contributed by atoms with Gasteiger partial charge >= 0.3 is 5.97 Å². The summed E-state index contributed by atoms with van der Waals surface area (Å²) in [6.07, 6.45) is 6.43. The Bertz CT molecular complexity index is 148. The largest absolute Gasteiger partial charge is 0.463 e. The van der Waals surface area contributed by atoms with Gasteiger partial charge in [0, 0.05) is 6.08 Å². The lowest BCUT2D eigenvalue weighted by atomic mass is 10.4. The SMILES string of the molecule is C=CC=CC(=O)OCCCC. The maximum Gasteiger partial charge on any atom is 0.330 e. The van der Waals surface area contributed by atoms with Crippen LogP contribution in [0.15, 0.2) is 24.8 Å². The minimum Gasteiger partial charge on any atom is -0.463 e. The van der Waals surface area contributed by atoms with E-state index in [1.807, 2.05) is 6.92 Å². The topological polar surface area (TPSA) is 26.3 Å². The first-order valence-corrected chi connectivity index (χ1v) is 3.77. The molecule has 0 aliphatic carbocycles. The monoisotopic (exact) mass is 154 g/mol. The number of allylic oxidation sites excluding steroid dienone is 2. The van der Waals surface area contributed by atoms with Crippen LogP contribution in [0.5, 0.6) is 0 Å². The van der Waals surface area contributed by atoms with E-state index < -0.39 is 0 Å². The summed E-state index contributed by atoms with van der Waals surface area (Å²) in [4.78, 5) is 10.7. The van der Waals surface area contributed by atoms with Crippen LogP contribution in [0, 0.1) is 0 Å². The molecule has 0 unspecified atom stereocenters. The van der Waals surface area contributed by atoms with Crippen LogP contribution < -0.4 is 0 Å². The minimum absolute atomic E-state index is 0.293. The van der Waals surface area contributed by atoms with Gasteiger partial charge in [0.25, 0.3) is 0 Å². The Morgan fingerprint density at radius 2 is 2.36 bits per heavy atom. The zero-order valence-corrected chi connectivity index (χ0v) is 6.88. The maximum absolute atomic E-state index is 10.7. The highest BCUT2D eigenvalue weighted by Crippen LogP contribution is 1.89. The first kappa shape index (κ1) is 9.95. The average Bonchev–Trinajstić information content (AvgIpc) is 2.01. The van der Waals surface area contributed by atoms with Crippen LogP contribution in [0.25, 0.3) is 0 Å². The summed E-state index contributed by atoms with van der Waals surface area (Å²) in [5, 5.41) is 0. The Morgan fingerprint density at radius 1 is 1.64 bits per heavy atom. The first-order valence-electron chi connectivity index (χ1n) is 3.77. The molecular weight excluding hydrogens is 140 g/mol. The Morgan fingerprint density at radius 3 is 2.91 bits per heavy atom. The van der Waals surface area contributed by atoms with Gasteiger partial charge in [0.05, 0.1) is 6.61 Å². The van der Waals surface area contributed by atoms with Gasteiger partial charge in [-0.15, -0.1) is 0 Å². The molecule has 0 amide bonds. The van der Waals surface area contributed by atoms with E-state index in [4.69, 9.17) is 4.74 Å². The van der Waals surface area contributed by atoms with Gasteiger partial charge in [0.1, 0.15) is 0 Å². The van der Waals surface area contributed by atoms with Gasteiger partial charge in [-0.25, -0.2) is 4.79 Å². The summed E-state index contributed by atoms with van der Waals surface area (Å²) in [6, 6.07) is 0. The molecule has 62 valence electrons. The number of hydrogen-bond acceptors (Lipinski definition) is 2. The average molecular weight is 154 g/mol. The van der Waals surface area contributed by atoms with Crippen molar-refractivity contribution in [1.82, 2.24) is 0 Å². The van der Waals surface area contributed by atoms with Gasteiger partial charge in [0.2, 0.25) is 0 Å². The highest BCUT2D eigenvalue weighted by Gasteiger charge is 1.92. The molecule has 0 aliphatic rings. The van der Waals surface area contributed by atoms with Gasteiger partial charge in [-0.05, 0) is 6.42 Å². The third kappa shape index (κ3) is 6.84. The predicted molar refractivity (Wildman–Crippen MR) is 45.2 cm³/mol. The van der Waals surface area contributed by atoms with Crippen LogP contribution >= 0.6 is 0 Å². The standard InChI is InChI=1S/C9H14O2/c1-3-5-7-9(10)11-8-6-4-2/h3,5,7H,1,4,6,8H2,2H3. The second-order valence-corrected chi connectivity index (χ2v) is 2.12. The van der Waals surface area contributed by atoms with Crippen molar-refractivity contribution in [3.8, 4) is 0 Å². The molecule has 0 saturated carbocycles. The molecule has 0 rings (SSSR count). The minimum atomic E-state index is -0.293. The normalized spacial score (nSPS) is 9.91. The third-order valence-corrected chi connectivity index (χ3v) is 1.11. The molecule has 0 aromatic carbocycles. The van der Waals surface area contributed by atoms with Crippen LogP contribution in [0.4, 0.5) is 0 Å². The Balaban J connectivity index is 3.37. The third-order valence-electron chi connectivity index (χ3n) is 1.11. The lowest BCUT2D eigenvalue weighted by Crippen LogP contribution is -2.01. The van der Waals surface area contributed by atoms with Gasteiger partial charge in [-0.2, -0.15) is 0 Å². The highest BCUT2D eigenvalue weighted by atomic mass is 16.5. The van der Waals surface area contributed by atoms with E-state index in [0.29, 0.717) is 6.61 Å². The van der Waals surface area contributed by atoms with E-state index in [2.05, 4.69) is 6.58 Å². The second kappa shape index (κ2) is 7.06. The molecule has 0 N–H and O–H groups in total. The van der Waals surface area contributed by atoms with Crippen LogP contribution in [0.2, 0.25) is 0 Å². The van der Waals surface area contributed by atoms with Crippen LogP contribution in [-0.2, 0) is 9.53 Å². The van der Waals surface area contributed by atoms with Crippen molar-refractivity contribution in [3.05, 3.63) is 24.8 Å². The summed E-state index contributed by atoms with van der Waals surface area (Å²) in [5.74, 6) is -0.293. The van der Waals surface area contributed by atoms with Gasteiger partial charge in [0.15, 0.2) is 0 Å². The molecule has 0 aromatic rings. The lowest BCUT2D eigenvalue weighted by molar-refractivity contribution is -0.137. The molecule has 0 radical (unpaired) electrons. The highest BCUT2D eigenvalue weighted by molar-refractivity contribution is 5.82. The number of hydrogen-bond donors (Lipinski definition) is 0. The van der Waals surface area contributed by atoms with Crippen molar-refractivity contribution in [1.29, 1.82) is 0 Å². The van der Waals surface area contributed by atoms with Crippen molar-refractivity contribution in [2.24, 2.45) is 0 Å². The summed E-state index contributed by atoms with van der Waals surface area (Å²) >= 11 is 0. The number of ether oxygens (including phenoxy) is 1. The van der Waals surface area contributed by atoms with E-state index >= 15 is 0 Å². The molecule has 2 nitrogen and oxygen atoms in total. The molecule has 0 spiro atoms. The molecule has 0 bridgehead atoms. The zero-order chi connectivity index (χ0) is 8.53. The van der Waals surface area contributed by atoms with Gasteiger partial charge in [-0.3, -0.25) is 0 Å². The molecule has 2 heteroatoms. The zero-order valence-electron chi connectivity index (χ0n) is 6.88. The maximum atomic E-state index is 10.7. The fourth-order valence-corrected chi connectivity index (χ4v) is 0.512. The Kier molecular flexibility index (Phi) is 6.39. The van der Waals surface area contributed by atoms with E-state index in [1.165, 1.54) is 6.08 Å². The first-order chi connectivity index (χ1) is 5.31. The lowest BCUT2D eigenvalue weighted by Gasteiger charge is -1.97. The van der Waals surface area contributed by atoms with Crippen LogP contribution in [0.3, 0.4) is 0 Å². The number of carbonyl (C=O) groups excluding carboxylic acids is 1. The quantitative estimate of drug-likeness (QED) is 0.262. The van der Waals surface area contributed by atoms with E-state index in [9.17, 15) is 4.79 Å². The van der Waals surface area contributed by atoms with Crippen molar-refractivity contribution in [2.75, 3.05) is 6.61 Å². The fourth-order valence-electron chi connectivity index (χ4n) is 0.512. The summed E-state index contributed by atoms with van der Waals surface area (Å²) in [5.41, 5.74) is 0. The summed E-state index contributed by atoms with van der Waals surface area (Å²) in [7, 11) is 0. The van der Waals surface area contributed by atoms with Gasteiger partial charge in [-0.1, -0.05) is 32.1 Å². The molecular formula is C9H14O2.